The van der Waals surface area contributed by atoms with Gasteiger partial charge < -0.3 is 10.4 Å². The van der Waals surface area contributed by atoms with Crippen molar-refractivity contribution in [1.29, 1.82) is 0 Å². The Morgan fingerprint density at radius 3 is 2.76 bits per heavy atom. The number of sulfonamides is 1. The fourth-order valence-corrected chi connectivity index (χ4v) is 3.53. The highest BCUT2D eigenvalue weighted by Crippen LogP contribution is 2.21. The molecule has 0 aromatic heterocycles. The van der Waals surface area contributed by atoms with Crippen LogP contribution < -0.4 is 5.32 Å². The smallest absolute Gasteiger partial charge is 0.215 e. The van der Waals surface area contributed by atoms with E-state index in [-0.39, 0.29) is 12.4 Å². The molecule has 0 aliphatic carbocycles. The van der Waals surface area contributed by atoms with Crippen LogP contribution in [0.25, 0.3) is 0 Å². The zero-order valence-corrected chi connectivity index (χ0v) is 11.5. The number of nitrogens with zero attached hydrogens (tertiary/aromatic N) is 1. The molecule has 0 bridgehead atoms. The Morgan fingerprint density at radius 1 is 1.47 bits per heavy atom. The zero-order valence-electron chi connectivity index (χ0n) is 10.7. The molecule has 1 saturated heterocycles. The monoisotopic (exact) mass is 264 g/mol. The Kier molecular flexibility index (Phi) is 5.85. The second-order valence-corrected chi connectivity index (χ2v) is 7.04. The standard InChI is InChI=1S/C11H24N2O3S/c1-10(2)12-5-8-17(15,16)13-6-3-11(9-13)4-7-14/h10-12,14H,3-9H2,1-2H3. The molecule has 1 aliphatic heterocycles. The number of aliphatic hydroxyl groups is 1. The van der Waals surface area contributed by atoms with Crippen LogP contribution in [0.4, 0.5) is 0 Å². The molecule has 0 saturated carbocycles. The van der Waals surface area contributed by atoms with Crippen molar-refractivity contribution in [3.8, 4) is 0 Å². The number of nitrogens with one attached hydrogen (secondary N) is 1. The van der Waals surface area contributed by atoms with E-state index in [4.69, 9.17) is 5.11 Å². The average molecular weight is 264 g/mol. The molecule has 1 atom stereocenters. The van der Waals surface area contributed by atoms with Gasteiger partial charge in [0.1, 0.15) is 0 Å². The van der Waals surface area contributed by atoms with E-state index in [1.165, 1.54) is 0 Å². The van der Waals surface area contributed by atoms with Gasteiger partial charge in [0.2, 0.25) is 10.0 Å². The quantitative estimate of drug-likeness (QED) is 0.680. The molecule has 1 heterocycles. The lowest BCUT2D eigenvalue weighted by molar-refractivity contribution is 0.259. The first kappa shape index (κ1) is 14.9. The maximum absolute atomic E-state index is 12.0. The molecule has 1 aliphatic rings. The van der Waals surface area contributed by atoms with E-state index in [1.807, 2.05) is 13.8 Å². The molecule has 1 fully saturated rings. The van der Waals surface area contributed by atoms with Crippen LogP contribution in [-0.2, 0) is 10.0 Å². The lowest BCUT2D eigenvalue weighted by Crippen LogP contribution is -2.36. The highest BCUT2D eigenvalue weighted by atomic mass is 32.2. The summed E-state index contributed by atoms with van der Waals surface area (Å²) in [7, 11) is -3.12. The van der Waals surface area contributed by atoms with Gasteiger partial charge in [-0.1, -0.05) is 13.8 Å². The topological polar surface area (TPSA) is 69.6 Å². The van der Waals surface area contributed by atoms with Crippen molar-refractivity contribution in [3.05, 3.63) is 0 Å². The Balaban J connectivity index is 2.38. The van der Waals surface area contributed by atoms with Gasteiger partial charge in [0.15, 0.2) is 0 Å². The second-order valence-electron chi connectivity index (χ2n) is 4.95. The van der Waals surface area contributed by atoms with Crippen molar-refractivity contribution in [3.63, 3.8) is 0 Å². The van der Waals surface area contributed by atoms with Crippen LogP contribution in [0.5, 0.6) is 0 Å². The minimum atomic E-state index is -3.12. The molecule has 5 nitrogen and oxygen atoms in total. The SMILES string of the molecule is CC(C)NCCS(=O)(=O)N1CCC(CCO)C1. The van der Waals surface area contributed by atoms with Crippen molar-refractivity contribution in [2.75, 3.05) is 32.0 Å². The molecular weight excluding hydrogens is 240 g/mol. The van der Waals surface area contributed by atoms with Gasteiger partial charge in [-0.2, -0.15) is 0 Å². The molecule has 1 unspecified atom stereocenters. The third kappa shape index (κ3) is 4.91. The summed E-state index contributed by atoms with van der Waals surface area (Å²) in [6.07, 6.45) is 1.58. The Morgan fingerprint density at radius 2 is 2.18 bits per heavy atom. The minimum Gasteiger partial charge on any atom is -0.396 e. The summed E-state index contributed by atoms with van der Waals surface area (Å²) in [6.45, 7) is 5.83. The number of rotatable bonds is 7. The molecule has 0 aromatic rings. The minimum absolute atomic E-state index is 0.146. The summed E-state index contributed by atoms with van der Waals surface area (Å²) in [5.74, 6) is 0.490. The molecule has 1 rings (SSSR count). The largest absolute Gasteiger partial charge is 0.396 e. The highest BCUT2D eigenvalue weighted by molar-refractivity contribution is 7.89. The molecule has 0 radical (unpaired) electrons. The predicted octanol–water partition coefficient (Wildman–Crippen LogP) is 0.0185. The molecule has 6 heteroatoms. The Labute approximate surface area is 104 Å². The first-order valence-corrected chi connectivity index (χ1v) is 7.88. The summed E-state index contributed by atoms with van der Waals surface area (Å²) in [5.41, 5.74) is 0. The molecule has 0 amide bonds. The molecular formula is C11H24N2O3S. The highest BCUT2D eigenvalue weighted by Gasteiger charge is 2.30. The van der Waals surface area contributed by atoms with Crippen LogP contribution in [0.3, 0.4) is 0 Å². The fraction of sp³-hybridized carbons (Fsp3) is 1.00. The van der Waals surface area contributed by atoms with Crippen molar-refractivity contribution in [2.45, 2.75) is 32.7 Å². The normalized spacial score (nSPS) is 22.5. The number of aliphatic hydroxyl groups excluding tert-OH is 1. The van der Waals surface area contributed by atoms with Crippen molar-refractivity contribution in [2.24, 2.45) is 5.92 Å². The van der Waals surface area contributed by atoms with Crippen LogP contribution in [0.2, 0.25) is 0 Å². The second kappa shape index (κ2) is 6.68. The summed E-state index contributed by atoms with van der Waals surface area (Å²) in [6, 6.07) is 0.311. The van der Waals surface area contributed by atoms with Gasteiger partial charge in [-0.3, -0.25) is 0 Å². The molecule has 2 N–H and O–H groups in total. The van der Waals surface area contributed by atoms with Gasteiger partial charge in [0, 0.05) is 32.3 Å². The van der Waals surface area contributed by atoms with Crippen LogP contribution >= 0.6 is 0 Å². The van der Waals surface area contributed by atoms with Gasteiger partial charge in [0.25, 0.3) is 0 Å². The van der Waals surface area contributed by atoms with Crippen LogP contribution in [-0.4, -0.2) is 55.9 Å². The van der Waals surface area contributed by atoms with E-state index in [2.05, 4.69) is 5.32 Å². The lowest BCUT2D eigenvalue weighted by Gasteiger charge is -2.17. The van der Waals surface area contributed by atoms with Crippen LogP contribution in [0, 0.1) is 5.92 Å². The summed E-state index contributed by atoms with van der Waals surface area (Å²) in [5, 5.41) is 12.0. The third-order valence-electron chi connectivity index (χ3n) is 3.09. The van der Waals surface area contributed by atoms with E-state index >= 15 is 0 Å². The molecule has 0 spiro atoms. The molecule has 17 heavy (non-hydrogen) atoms. The molecule has 102 valence electrons. The zero-order chi connectivity index (χ0) is 12.9. The maximum atomic E-state index is 12.0. The van der Waals surface area contributed by atoms with E-state index < -0.39 is 10.0 Å². The number of hydrogen-bond acceptors (Lipinski definition) is 4. The fourth-order valence-electron chi connectivity index (χ4n) is 2.07. The lowest BCUT2D eigenvalue weighted by atomic mass is 10.1. The van der Waals surface area contributed by atoms with Crippen molar-refractivity contribution >= 4 is 10.0 Å². The van der Waals surface area contributed by atoms with E-state index in [9.17, 15) is 8.42 Å². The van der Waals surface area contributed by atoms with Crippen LogP contribution in [0.15, 0.2) is 0 Å². The van der Waals surface area contributed by atoms with E-state index in [1.54, 1.807) is 4.31 Å². The van der Waals surface area contributed by atoms with Gasteiger partial charge in [-0.05, 0) is 18.8 Å². The summed E-state index contributed by atoms with van der Waals surface area (Å²) < 4.78 is 25.5. The van der Waals surface area contributed by atoms with Crippen molar-refractivity contribution in [1.82, 2.24) is 9.62 Å². The van der Waals surface area contributed by atoms with Crippen LogP contribution in [0.1, 0.15) is 26.7 Å². The van der Waals surface area contributed by atoms with Gasteiger partial charge in [-0.15, -0.1) is 0 Å². The van der Waals surface area contributed by atoms with Gasteiger partial charge in [-0.25, -0.2) is 12.7 Å². The Hall–Kier alpha value is -0.170. The summed E-state index contributed by atoms with van der Waals surface area (Å²) in [4.78, 5) is 0. The predicted molar refractivity (Wildman–Crippen MR) is 68.3 cm³/mol. The number of hydrogen-bond donors (Lipinski definition) is 2. The Bertz CT molecular complexity index is 317. The first-order chi connectivity index (χ1) is 7.95. The van der Waals surface area contributed by atoms with E-state index in [0.29, 0.717) is 38.0 Å². The molecule has 0 aromatic carbocycles. The maximum Gasteiger partial charge on any atom is 0.215 e. The van der Waals surface area contributed by atoms with Gasteiger partial charge >= 0.3 is 0 Å². The van der Waals surface area contributed by atoms with E-state index in [0.717, 1.165) is 6.42 Å². The third-order valence-corrected chi connectivity index (χ3v) is 4.93. The summed E-state index contributed by atoms with van der Waals surface area (Å²) >= 11 is 0. The average Bonchev–Trinajstić information content (AvgIpc) is 2.66. The van der Waals surface area contributed by atoms with Crippen molar-refractivity contribution < 1.29 is 13.5 Å². The first-order valence-electron chi connectivity index (χ1n) is 6.27. The van der Waals surface area contributed by atoms with Gasteiger partial charge in [0.05, 0.1) is 5.75 Å².